The number of piperidine rings is 2. The lowest BCUT2D eigenvalue weighted by atomic mass is 9.88. The standard InChI is InChI=1S/C41H45F8N11O3S/c1-50-34(62)12-15-58(24-61)38-31-7-6-26(19-33(31)56(2)55-38)25-8-13-57(14-9-25)36(37(42)43)27-4-3-5-30(18-27)64(63)60-16-10-29(11-17-60)53-39-51-21-32(41(47,48)49)35(54-39)28-20-52-59(22-28)23-40(44,45)46/h3-7,18-22,24-25,29,36-37H,8-17,23H2,1-2H3,(H,50,62)(H,51,53,54). The van der Waals surface area contributed by atoms with Gasteiger partial charge in [0.05, 0.1) is 28.3 Å². The number of aryl methyl sites for hydroxylation is 1. The summed E-state index contributed by atoms with van der Waals surface area (Å²) in [6, 6.07) is 10.6. The molecule has 2 N–H and O–H groups in total. The summed E-state index contributed by atoms with van der Waals surface area (Å²) in [5.74, 6) is 0.129. The van der Waals surface area contributed by atoms with Crippen LogP contribution in [-0.2, 0) is 40.3 Å². The molecule has 7 rings (SSSR count). The van der Waals surface area contributed by atoms with E-state index in [2.05, 4.69) is 30.8 Å². The zero-order valence-electron chi connectivity index (χ0n) is 34.6. The van der Waals surface area contributed by atoms with Crippen LogP contribution in [0.3, 0.4) is 0 Å². The van der Waals surface area contributed by atoms with Crippen LogP contribution in [0.5, 0.6) is 0 Å². The number of amides is 2. The molecule has 2 unspecified atom stereocenters. The van der Waals surface area contributed by atoms with Gasteiger partial charge in [0.2, 0.25) is 18.3 Å². The van der Waals surface area contributed by atoms with Crippen LogP contribution >= 0.6 is 0 Å². The topological polar surface area (TPSA) is 146 Å². The van der Waals surface area contributed by atoms with Crippen LogP contribution in [0.15, 0.2) is 66.0 Å². The zero-order chi connectivity index (χ0) is 45.9. The molecule has 2 saturated heterocycles. The van der Waals surface area contributed by atoms with E-state index in [0.717, 1.165) is 28.9 Å². The molecule has 2 aliphatic heterocycles. The highest BCUT2D eigenvalue weighted by atomic mass is 32.2. The Morgan fingerprint density at radius 2 is 1.73 bits per heavy atom. The molecule has 14 nitrogen and oxygen atoms in total. The molecule has 0 bridgehead atoms. The van der Waals surface area contributed by atoms with Crippen molar-refractivity contribution < 1.29 is 48.9 Å². The van der Waals surface area contributed by atoms with Gasteiger partial charge in [-0.3, -0.25) is 28.8 Å². The molecule has 0 saturated carbocycles. The maximum Gasteiger partial charge on any atom is 0.419 e. The lowest BCUT2D eigenvalue weighted by Gasteiger charge is -2.38. The Balaban J connectivity index is 0.967. The van der Waals surface area contributed by atoms with Gasteiger partial charge in [-0.05, 0) is 80.1 Å². The van der Waals surface area contributed by atoms with E-state index < -0.39 is 53.6 Å². The third-order valence-corrected chi connectivity index (χ3v) is 13.0. The first-order valence-corrected chi connectivity index (χ1v) is 21.5. The van der Waals surface area contributed by atoms with Crippen molar-refractivity contribution in [1.29, 1.82) is 0 Å². The lowest BCUT2D eigenvalue weighted by Crippen LogP contribution is -2.40. The smallest absolute Gasteiger partial charge is 0.359 e. The van der Waals surface area contributed by atoms with Gasteiger partial charge in [-0.2, -0.15) is 36.5 Å². The molecule has 2 aromatic carbocycles. The lowest BCUT2D eigenvalue weighted by molar-refractivity contribution is -0.142. The van der Waals surface area contributed by atoms with E-state index in [1.54, 1.807) is 45.2 Å². The van der Waals surface area contributed by atoms with Crippen molar-refractivity contribution in [2.45, 2.75) is 80.3 Å². The van der Waals surface area contributed by atoms with Crippen molar-refractivity contribution in [3.05, 3.63) is 77.7 Å². The van der Waals surface area contributed by atoms with Gasteiger partial charge in [-0.15, -0.1) is 0 Å². The molecule has 2 aliphatic rings. The summed E-state index contributed by atoms with van der Waals surface area (Å²) < 4.78 is 128. The predicted octanol–water partition coefficient (Wildman–Crippen LogP) is 6.69. The van der Waals surface area contributed by atoms with E-state index in [9.17, 15) is 48.9 Å². The maximum absolute atomic E-state index is 14.9. The molecule has 0 radical (unpaired) electrons. The number of hydrogen-bond acceptors (Lipinski definition) is 9. The van der Waals surface area contributed by atoms with Crippen molar-refractivity contribution in [2.24, 2.45) is 7.05 Å². The van der Waals surface area contributed by atoms with Crippen molar-refractivity contribution >= 4 is 46.0 Å². The number of anilines is 2. The normalized spacial score (nSPS) is 17.2. The molecule has 344 valence electrons. The minimum atomic E-state index is -4.90. The minimum absolute atomic E-state index is 0.0774. The second-order valence-electron chi connectivity index (χ2n) is 15.7. The maximum atomic E-state index is 14.9. The number of hydrogen-bond donors (Lipinski definition) is 2. The van der Waals surface area contributed by atoms with Crippen molar-refractivity contribution in [2.75, 3.05) is 50.0 Å². The predicted molar refractivity (Wildman–Crippen MR) is 220 cm³/mol. The summed E-state index contributed by atoms with van der Waals surface area (Å²) in [4.78, 5) is 35.0. The summed E-state index contributed by atoms with van der Waals surface area (Å²) in [6.45, 7) is -0.0240. The Hall–Kier alpha value is -5.55. The number of benzene rings is 2. The number of rotatable bonds is 15. The molecule has 0 aliphatic carbocycles. The van der Waals surface area contributed by atoms with Gasteiger partial charge in [0.25, 0.3) is 6.43 Å². The Morgan fingerprint density at radius 3 is 2.39 bits per heavy atom. The van der Waals surface area contributed by atoms with E-state index in [1.165, 1.54) is 11.9 Å². The summed E-state index contributed by atoms with van der Waals surface area (Å²) in [6.07, 6.45) is -7.32. The molecule has 5 heterocycles. The molecule has 2 atom stereocenters. The summed E-state index contributed by atoms with van der Waals surface area (Å²) >= 11 is 0. The Kier molecular flexibility index (Phi) is 14.0. The Bertz CT molecular complexity index is 2460. The van der Waals surface area contributed by atoms with Crippen molar-refractivity contribution in [3.8, 4) is 11.3 Å². The second-order valence-corrected chi connectivity index (χ2v) is 17.2. The summed E-state index contributed by atoms with van der Waals surface area (Å²) in [5, 5.41) is 14.3. The van der Waals surface area contributed by atoms with Crippen LogP contribution in [0.2, 0.25) is 0 Å². The molecule has 5 aromatic rings. The van der Waals surface area contributed by atoms with Crippen molar-refractivity contribution in [3.63, 3.8) is 0 Å². The fraction of sp³-hybridized carbons (Fsp3) is 0.463. The van der Waals surface area contributed by atoms with Crippen LogP contribution < -0.4 is 15.5 Å². The van der Waals surface area contributed by atoms with Gasteiger partial charge < -0.3 is 10.6 Å². The van der Waals surface area contributed by atoms with Gasteiger partial charge >= 0.3 is 12.4 Å². The fourth-order valence-electron chi connectivity index (χ4n) is 8.24. The average molecular weight is 924 g/mol. The molecule has 2 amide bonds. The van der Waals surface area contributed by atoms with E-state index in [0.29, 0.717) is 72.3 Å². The first-order chi connectivity index (χ1) is 30.4. The minimum Gasteiger partial charge on any atom is -0.359 e. The molecular weight excluding hydrogens is 879 g/mol. The van der Waals surface area contributed by atoms with Gasteiger partial charge in [0.1, 0.15) is 23.1 Å². The van der Waals surface area contributed by atoms with Crippen molar-refractivity contribution in [1.82, 2.24) is 44.1 Å². The zero-order valence-corrected chi connectivity index (χ0v) is 35.4. The number of nitrogens with zero attached hydrogens (tertiary/aromatic N) is 9. The third kappa shape index (κ3) is 10.7. The van der Waals surface area contributed by atoms with E-state index in [4.69, 9.17) is 0 Å². The third-order valence-electron chi connectivity index (χ3n) is 11.5. The monoisotopic (exact) mass is 923 g/mol. The number of aromatic nitrogens is 6. The van der Waals surface area contributed by atoms with Gasteiger partial charge in [0.15, 0.2) is 5.82 Å². The number of likely N-dealkylation sites (tertiary alicyclic amines) is 1. The summed E-state index contributed by atoms with van der Waals surface area (Å²) in [5.41, 5.74) is -0.0198. The van der Waals surface area contributed by atoms with Crippen LogP contribution in [0.4, 0.5) is 46.9 Å². The van der Waals surface area contributed by atoms with Gasteiger partial charge in [-0.25, -0.2) is 27.3 Å². The highest BCUT2D eigenvalue weighted by Crippen LogP contribution is 2.39. The number of halogens is 8. The van der Waals surface area contributed by atoms with Crippen LogP contribution in [-0.4, -0.2) is 114 Å². The van der Waals surface area contributed by atoms with Crippen LogP contribution in [0.1, 0.15) is 60.8 Å². The first-order valence-electron chi connectivity index (χ1n) is 20.4. The largest absolute Gasteiger partial charge is 0.419 e. The van der Waals surface area contributed by atoms with Crippen LogP contribution in [0, 0.1) is 0 Å². The molecule has 0 spiro atoms. The van der Waals surface area contributed by atoms with E-state index in [1.807, 2.05) is 18.2 Å². The average Bonchev–Trinajstić information content (AvgIpc) is 3.86. The molecule has 64 heavy (non-hydrogen) atoms. The number of carbonyl (C=O) groups excluding carboxylic acids is 2. The Labute approximate surface area is 364 Å². The van der Waals surface area contributed by atoms with E-state index in [-0.39, 0.29) is 55.4 Å². The quantitative estimate of drug-likeness (QED) is 0.0867. The van der Waals surface area contributed by atoms with Crippen LogP contribution in [0.25, 0.3) is 22.2 Å². The molecule has 2 fully saturated rings. The van der Waals surface area contributed by atoms with E-state index >= 15 is 0 Å². The number of nitrogens with one attached hydrogen (secondary N) is 2. The SMILES string of the molecule is CNC(=O)CCN(C=O)c1nn(C)c2cc(C3CCN(C(c4cccc(S(=O)N5CCC(Nc6ncc(C(F)(F)F)c(-c7cnn(CC(F)(F)F)c7)n6)CC5)c4)C(F)F)CC3)ccc12. The summed E-state index contributed by atoms with van der Waals surface area (Å²) in [7, 11) is 1.56. The highest BCUT2D eigenvalue weighted by molar-refractivity contribution is 7.82. The Morgan fingerprint density at radius 1 is 1.00 bits per heavy atom. The number of carbonyl (C=O) groups is 2. The second kappa shape index (κ2) is 19.3. The molecule has 3 aromatic heterocycles. The highest BCUT2D eigenvalue weighted by Gasteiger charge is 2.37. The van der Waals surface area contributed by atoms with Gasteiger partial charge in [0, 0.05) is 69.5 Å². The molecular formula is C41H45F8N11O3S. The molecule has 23 heteroatoms. The van der Waals surface area contributed by atoms with Gasteiger partial charge in [-0.1, -0.05) is 18.2 Å². The number of alkyl halides is 8. The first kappa shape index (κ1) is 46.4. The fourth-order valence-corrected chi connectivity index (χ4v) is 9.52. The number of fused-ring (bicyclic) bond motifs is 1.